The lowest BCUT2D eigenvalue weighted by molar-refractivity contribution is -0.114. The van der Waals surface area contributed by atoms with Crippen molar-refractivity contribution in [3.63, 3.8) is 0 Å². The van der Waals surface area contributed by atoms with Crippen molar-refractivity contribution in [3.05, 3.63) is 57.0 Å². The summed E-state index contributed by atoms with van der Waals surface area (Å²) in [5, 5.41) is 5.27. The highest BCUT2D eigenvalue weighted by atomic mass is 79.9. The Morgan fingerprint density at radius 1 is 1.05 bits per heavy atom. The van der Waals surface area contributed by atoms with E-state index in [0.717, 1.165) is 10.5 Å². The Kier molecular flexibility index (Phi) is 5.30. The molecule has 3 nitrogen and oxygen atoms in total. The molecule has 0 bridgehead atoms. The Morgan fingerprint density at radius 3 is 2.38 bits per heavy atom. The Morgan fingerprint density at radius 2 is 1.71 bits per heavy atom. The van der Waals surface area contributed by atoms with Crippen LogP contribution in [0.5, 0.6) is 0 Å². The molecule has 0 aliphatic heterocycles. The maximum Gasteiger partial charge on any atom is 0.243 e. The molecule has 21 heavy (non-hydrogen) atoms. The number of rotatable bonds is 4. The van der Waals surface area contributed by atoms with Gasteiger partial charge in [0.05, 0.1) is 16.7 Å². The Labute approximate surface area is 137 Å². The number of hydrogen-bond acceptors (Lipinski definition) is 2. The predicted octanol–water partition coefficient (Wildman–Crippen LogP) is 4.54. The number of carbonyl (C=O) groups is 1. The summed E-state index contributed by atoms with van der Waals surface area (Å²) in [6, 6.07) is 9.05. The van der Waals surface area contributed by atoms with Crippen LogP contribution in [-0.2, 0) is 4.79 Å². The lowest BCUT2D eigenvalue weighted by Crippen LogP contribution is -2.22. The summed E-state index contributed by atoms with van der Waals surface area (Å²) >= 11 is 6.25. The van der Waals surface area contributed by atoms with Gasteiger partial charge < -0.3 is 10.6 Å². The van der Waals surface area contributed by atoms with E-state index in [0.29, 0.717) is 5.69 Å². The minimum absolute atomic E-state index is 0.0502. The number of carbonyl (C=O) groups excluding carboxylic acids is 1. The summed E-state index contributed by atoms with van der Waals surface area (Å²) in [6.07, 6.45) is 0. The Bertz CT molecular complexity index is 663. The van der Waals surface area contributed by atoms with Crippen LogP contribution in [0.1, 0.15) is 0 Å². The third-order valence-corrected chi connectivity index (χ3v) is 3.71. The first-order valence-corrected chi connectivity index (χ1v) is 7.48. The van der Waals surface area contributed by atoms with Crippen molar-refractivity contribution in [2.24, 2.45) is 0 Å². The third kappa shape index (κ3) is 4.50. The molecule has 0 aliphatic rings. The van der Waals surface area contributed by atoms with Gasteiger partial charge in [0.1, 0.15) is 11.6 Å². The van der Waals surface area contributed by atoms with Crippen molar-refractivity contribution >= 4 is 49.1 Å². The maximum absolute atomic E-state index is 13.5. The van der Waals surface area contributed by atoms with Gasteiger partial charge in [0.25, 0.3) is 0 Å². The number of nitrogens with one attached hydrogen (secondary N) is 2. The first kappa shape index (κ1) is 15.9. The van der Waals surface area contributed by atoms with Gasteiger partial charge in [-0.1, -0.05) is 15.9 Å². The van der Waals surface area contributed by atoms with Crippen LogP contribution in [0.2, 0.25) is 0 Å². The molecule has 0 aliphatic carbocycles. The summed E-state index contributed by atoms with van der Waals surface area (Å²) < 4.78 is 27.6. The smallest absolute Gasteiger partial charge is 0.243 e. The molecular weight excluding hydrogens is 410 g/mol. The largest absolute Gasteiger partial charge is 0.374 e. The van der Waals surface area contributed by atoms with E-state index in [1.165, 1.54) is 6.07 Å². The molecule has 7 heteroatoms. The van der Waals surface area contributed by atoms with E-state index in [2.05, 4.69) is 42.5 Å². The normalized spacial score (nSPS) is 10.3. The van der Waals surface area contributed by atoms with Gasteiger partial charge in [0, 0.05) is 16.2 Å². The van der Waals surface area contributed by atoms with Gasteiger partial charge in [-0.25, -0.2) is 8.78 Å². The van der Waals surface area contributed by atoms with Crippen LogP contribution in [0.4, 0.5) is 20.2 Å². The van der Waals surface area contributed by atoms with Crippen molar-refractivity contribution < 1.29 is 13.6 Å². The molecule has 2 aromatic carbocycles. The molecule has 2 rings (SSSR count). The van der Waals surface area contributed by atoms with Crippen LogP contribution in [0.15, 0.2) is 45.3 Å². The van der Waals surface area contributed by atoms with Gasteiger partial charge in [-0.05, 0) is 46.3 Å². The van der Waals surface area contributed by atoms with Crippen molar-refractivity contribution in [3.8, 4) is 0 Å². The van der Waals surface area contributed by atoms with Gasteiger partial charge in [-0.2, -0.15) is 0 Å². The minimum atomic E-state index is -0.757. The summed E-state index contributed by atoms with van der Waals surface area (Å²) in [5.74, 6) is -1.79. The summed E-state index contributed by atoms with van der Waals surface area (Å²) in [5.41, 5.74) is 0.681. The molecule has 0 fully saturated rings. The van der Waals surface area contributed by atoms with Crippen LogP contribution in [-0.4, -0.2) is 12.5 Å². The zero-order valence-electron chi connectivity index (χ0n) is 10.6. The molecule has 1 amide bonds. The second kappa shape index (κ2) is 7.00. The second-order valence-electron chi connectivity index (χ2n) is 4.15. The quantitative estimate of drug-likeness (QED) is 0.714. The fourth-order valence-corrected chi connectivity index (χ4v) is 2.18. The molecule has 0 saturated carbocycles. The molecule has 0 radical (unpaired) electrons. The van der Waals surface area contributed by atoms with Crippen molar-refractivity contribution in [1.82, 2.24) is 0 Å². The second-order valence-corrected chi connectivity index (χ2v) is 5.92. The lowest BCUT2D eigenvalue weighted by Gasteiger charge is -2.09. The fraction of sp³-hybridized carbons (Fsp3) is 0.0714. The minimum Gasteiger partial charge on any atom is -0.374 e. The first-order chi connectivity index (χ1) is 9.95. The number of hydrogen-bond donors (Lipinski definition) is 2. The average Bonchev–Trinajstić information content (AvgIpc) is 2.44. The van der Waals surface area contributed by atoms with E-state index >= 15 is 0 Å². The van der Waals surface area contributed by atoms with Crippen LogP contribution in [0.25, 0.3) is 0 Å². The Balaban J connectivity index is 1.95. The van der Waals surface area contributed by atoms with Crippen LogP contribution < -0.4 is 10.6 Å². The van der Waals surface area contributed by atoms with E-state index in [4.69, 9.17) is 0 Å². The molecule has 0 aromatic heterocycles. The zero-order chi connectivity index (χ0) is 15.4. The molecule has 110 valence electrons. The van der Waals surface area contributed by atoms with Gasteiger partial charge in [0.15, 0.2) is 0 Å². The molecule has 2 N–H and O–H groups in total. The Hall–Kier alpha value is -1.47. The van der Waals surface area contributed by atoms with Gasteiger partial charge in [0.2, 0.25) is 5.91 Å². The fourth-order valence-electron chi connectivity index (χ4n) is 1.57. The van der Waals surface area contributed by atoms with Gasteiger partial charge in [-0.15, -0.1) is 0 Å². The summed E-state index contributed by atoms with van der Waals surface area (Å²) in [4.78, 5) is 11.7. The predicted molar refractivity (Wildman–Crippen MR) is 85.3 cm³/mol. The molecule has 0 spiro atoms. The van der Waals surface area contributed by atoms with Crippen molar-refractivity contribution in [2.45, 2.75) is 0 Å². The van der Waals surface area contributed by atoms with Crippen molar-refractivity contribution in [2.75, 3.05) is 17.2 Å². The first-order valence-electron chi connectivity index (χ1n) is 5.89. The van der Waals surface area contributed by atoms with Crippen LogP contribution >= 0.6 is 31.9 Å². The number of benzene rings is 2. The number of amides is 1. The van der Waals surface area contributed by atoms with Crippen molar-refractivity contribution in [1.29, 1.82) is 0 Å². The molecule has 0 saturated heterocycles. The van der Waals surface area contributed by atoms with E-state index in [9.17, 15) is 13.6 Å². The molecule has 0 unspecified atom stereocenters. The standard InChI is InChI=1S/C14H10Br2F2N2O/c15-8-1-3-9(4-2-8)20-14(21)7-19-13-5-10(16)11(17)6-12(13)18/h1-6,19H,7H2,(H,20,21). The molecule has 0 atom stereocenters. The lowest BCUT2D eigenvalue weighted by atomic mass is 10.3. The van der Waals surface area contributed by atoms with E-state index < -0.39 is 11.6 Å². The van der Waals surface area contributed by atoms with Gasteiger partial charge in [-0.3, -0.25) is 4.79 Å². The van der Waals surface area contributed by atoms with Crippen LogP contribution in [0.3, 0.4) is 0 Å². The summed E-state index contributed by atoms with van der Waals surface area (Å²) in [7, 11) is 0. The molecule has 2 aromatic rings. The highest BCUT2D eigenvalue weighted by Gasteiger charge is 2.09. The van der Waals surface area contributed by atoms with Gasteiger partial charge >= 0.3 is 0 Å². The average molecular weight is 420 g/mol. The number of halogens is 4. The maximum atomic E-state index is 13.5. The molecular formula is C14H10Br2F2N2O. The SMILES string of the molecule is O=C(CNc1cc(Br)c(F)cc1F)Nc1ccc(Br)cc1. The van der Waals surface area contributed by atoms with E-state index in [1.807, 2.05) is 0 Å². The highest BCUT2D eigenvalue weighted by molar-refractivity contribution is 9.10. The van der Waals surface area contributed by atoms with Crippen LogP contribution in [0, 0.1) is 11.6 Å². The summed E-state index contributed by atoms with van der Waals surface area (Å²) in [6.45, 7) is -0.134. The zero-order valence-corrected chi connectivity index (χ0v) is 13.8. The topological polar surface area (TPSA) is 41.1 Å². The van der Waals surface area contributed by atoms with E-state index in [-0.39, 0.29) is 22.6 Å². The monoisotopic (exact) mass is 418 g/mol. The molecule has 0 heterocycles. The highest BCUT2D eigenvalue weighted by Crippen LogP contribution is 2.23. The third-order valence-electron chi connectivity index (χ3n) is 2.58. The van der Waals surface area contributed by atoms with E-state index in [1.54, 1.807) is 24.3 Å². The number of anilines is 2.